The average molecular weight is 278 g/mol. The number of benzene rings is 2. The first-order valence-electron chi connectivity index (χ1n) is 7.65. The quantitative estimate of drug-likeness (QED) is 0.780. The summed E-state index contributed by atoms with van der Waals surface area (Å²) in [6.45, 7) is 2.33. The highest BCUT2D eigenvalue weighted by atomic mass is 16.5. The van der Waals surface area contributed by atoms with E-state index in [1.807, 2.05) is 6.92 Å². The summed E-state index contributed by atoms with van der Waals surface area (Å²) in [6, 6.07) is 17.1. The van der Waals surface area contributed by atoms with Crippen LogP contribution < -0.4 is 0 Å². The van der Waals surface area contributed by atoms with Crippen molar-refractivity contribution in [1.82, 2.24) is 0 Å². The maximum absolute atomic E-state index is 12.4. The molecular weight excluding hydrogens is 260 g/mol. The number of fused-ring (bicyclic) bond motifs is 1. The monoisotopic (exact) mass is 278 g/mol. The molecule has 2 aromatic carbocycles. The van der Waals surface area contributed by atoms with E-state index in [9.17, 15) is 4.79 Å². The van der Waals surface area contributed by atoms with Gasteiger partial charge in [-0.15, -0.1) is 0 Å². The molecule has 1 atom stereocenters. The van der Waals surface area contributed by atoms with Crippen LogP contribution in [0.25, 0.3) is 0 Å². The Kier molecular flexibility index (Phi) is 2.85. The van der Waals surface area contributed by atoms with Crippen LogP contribution in [-0.4, -0.2) is 12.6 Å². The fourth-order valence-electron chi connectivity index (χ4n) is 4.12. The van der Waals surface area contributed by atoms with Gasteiger partial charge in [-0.3, -0.25) is 4.79 Å². The third-order valence-electron chi connectivity index (χ3n) is 4.89. The molecule has 2 heteroatoms. The van der Waals surface area contributed by atoms with Crippen molar-refractivity contribution < 1.29 is 9.53 Å². The number of rotatable bonds is 2. The zero-order valence-electron chi connectivity index (χ0n) is 12.1. The summed E-state index contributed by atoms with van der Waals surface area (Å²) in [5.41, 5.74) is 5.40. The summed E-state index contributed by atoms with van der Waals surface area (Å²) in [6.07, 6.45) is 0.873. The zero-order valence-corrected chi connectivity index (χ0v) is 12.1. The number of hydrogen-bond acceptors (Lipinski definition) is 2. The molecule has 0 heterocycles. The van der Waals surface area contributed by atoms with Gasteiger partial charge >= 0.3 is 5.97 Å². The predicted molar refractivity (Wildman–Crippen MR) is 81.3 cm³/mol. The van der Waals surface area contributed by atoms with Crippen LogP contribution in [0.15, 0.2) is 48.5 Å². The summed E-state index contributed by atoms with van der Waals surface area (Å²) in [7, 11) is 0. The average Bonchev–Trinajstić information content (AvgIpc) is 2.55. The van der Waals surface area contributed by atoms with E-state index in [0.717, 1.165) is 6.42 Å². The summed E-state index contributed by atoms with van der Waals surface area (Å²) >= 11 is 0. The van der Waals surface area contributed by atoms with Crippen LogP contribution in [0.1, 0.15) is 47.4 Å². The molecule has 0 spiro atoms. The van der Waals surface area contributed by atoms with Crippen LogP contribution in [0.3, 0.4) is 0 Å². The van der Waals surface area contributed by atoms with Gasteiger partial charge in [0.15, 0.2) is 0 Å². The topological polar surface area (TPSA) is 26.3 Å². The van der Waals surface area contributed by atoms with Gasteiger partial charge in [0.25, 0.3) is 0 Å². The molecule has 1 unspecified atom stereocenters. The molecule has 3 aliphatic carbocycles. The summed E-state index contributed by atoms with van der Waals surface area (Å²) in [5.74, 6) is 0.398. The van der Waals surface area contributed by atoms with Crippen LogP contribution in [0.5, 0.6) is 0 Å². The van der Waals surface area contributed by atoms with E-state index >= 15 is 0 Å². The Labute approximate surface area is 124 Å². The van der Waals surface area contributed by atoms with Crippen molar-refractivity contribution >= 4 is 5.97 Å². The van der Waals surface area contributed by atoms with E-state index in [1.165, 1.54) is 22.3 Å². The first-order chi connectivity index (χ1) is 10.3. The van der Waals surface area contributed by atoms with Gasteiger partial charge in [-0.2, -0.15) is 0 Å². The molecule has 0 N–H and O–H groups in total. The van der Waals surface area contributed by atoms with Crippen molar-refractivity contribution in [2.45, 2.75) is 25.2 Å². The molecule has 21 heavy (non-hydrogen) atoms. The standard InChI is InChI=1S/C19H18O2/c1-2-21-19(20)17-11-16-12-7-3-5-9-14(12)18(17)15-10-6-4-8-13(15)16/h3-10,16-18H,2,11H2,1H3. The molecule has 2 bridgehead atoms. The molecule has 0 fully saturated rings. The summed E-state index contributed by atoms with van der Waals surface area (Å²) in [4.78, 5) is 12.4. The number of carbonyl (C=O) groups excluding carboxylic acids is 1. The highest BCUT2D eigenvalue weighted by Gasteiger charge is 2.46. The smallest absolute Gasteiger partial charge is 0.309 e. The van der Waals surface area contributed by atoms with Crippen LogP contribution in [-0.2, 0) is 9.53 Å². The molecule has 0 aromatic heterocycles. The van der Waals surface area contributed by atoms with Gasteiger partial charge in [-0.25, -0.2) is 0 Å². The molecule has 0 radical (unpaired) electrons. The number of carbonyl (C=O) groups is 1. The minimum atomic E-state index is -0.0449. The maximum Gasteiger partial charge on any atom is 0.309 e. The first kappa shape index (κ1) is 12.6. The maximum atomic E-state index is 12.4. The molecule has 0 saturated carbocycles. The largest absolute Gasteiger partial charge is 0.466 e. The van der Waals surface area contributed by atoms with E-state index in [-0.39, 0.29) is 17.8 Å². The van der Waals surface area contributed by atoms with Gasteiger partial charge in [0, 0.05) is 11.8 Å². The van der Waals surface area contributed by atoms with Crippen molar-refractivity contribution in [2.75, 3.05) is 6.61 Å². The van der Waals surface area contributed by atoms with Crippen LogP contribution in [0.4, 0.5) is 0 Å². The summed E-state index contributed by atoms with van der Waals surface area (Å²) in [5, 5.41) is 0. The van der Waals surface area contributed by atoms with E-state index in [1.54, 1.807) is 0 Å². The lowest BCUT2D eigenvalue weighted by Crippen LogP contribution is -2.37. The van der Waals surface area contributed by atoms with E-state index < -0.39 is 0 Å². The molecule has 0 aliphatic heterocycles. The van der Waals surface area contributed by atoms with E-state index in [2.05, 4.69) is 48.5 Å². The third kappa shape index (κ3) is 1.75. The second-order valence-corrected chi connectivity index (χ2v) is 5.88. The Hall–Kier alpha value is -2.09. The lowest BCUT2D eigenvalue weighted by atomic mass is 9.59. The highest BCUT2D eigenvalue weighted by Crippen LogP contribution is 2.55. The zero-order chi connectivity index (χ0) is 14.4. The first-order valence-corrected chi connectivity index (χ1v) is 7.65. The van der Waals surface area contributed by atoms with Gasteiger partial charge in [0.05, 0.1) is 12.5 Å². The van der Waals surface area contributed by atoms with Crippen molar-refractivity contribution in [3.05, 3.63) is 70.8 Å². The molecule has 3 aliphatic rings. The molecule has 5 rings (SSSR count). The van der Waals surface area contributed by atoms with Gasteiger partial charge < -0.3 is 4.74 Å². The normalized spacial score (nSPS) is 25.1. The Morgan fingerprint density at radius 3 is 2.05 bits per heavy atom. The Balaban J connectivity index is 1.88. The Morgan fingerprint density at radius 2 is 1.52 bits per heavy atom. The fourth-order valence-corrected chi connectivity index (χ4v) is 4.12. The second kappa shape index (κ2) is 4.73. The molecule has 0 saturated heterocycles. The highest BCUT2D eigenvalue weighted by molar-refractivity contribution is 5.77. The minimum absolute atomic E-state index is 0.0419. The van der Waals surface area contributed by atoms with Crippen LogP contribution in [0.2, 0.25) is 0 Å². The van der Waals surface area contributed by atoms with Gasteiger partial charge in [-0.1, -0.05) is 48.5 Å². The molecule has 2 nitrogen and oxygen atoms in total. The third-order valence-corrected chi connectivity index (χ3v) is 4.89. The number of hydrogen-bond donors (Lipinski definition) is 0. The van der Waals surface area contributed by atoms with Crippen molar-refractivity contribution in [3.63, 3.8) is 0 Å². The fraction of sp³-hybridized carbons (Fsp3) is 0.316. The molecule has 0 amide bonds. The summed E-state index contributed by atoms with van der Waals surface area (Å²) < 4.78 is 5.33. The van der Waals surface area contributed by atoms with Gasteiger partial charge in [-0.05, 0) is 35.6 Å². The number of ether oxygens (including phenoxy) is 1. The lowest BCUT2D eigenvalue weighted by Gasteiger charge is -2.44. The van der Waals surface area contributed by atoms with E-state index in [4.69, 9.17) is 4.74 Å². The molecule has 2 aromatic rings. The molecule has 106 valence electrons. The minimum Gasteiger partial charge on any atom is -0.466 e. The van der Waals surface area contributed by atoms with Crippen molar-refractivity contribution in [2.24, 2.45) is 5.92 Å². The van der Waals surface area contributed by atoms with E-state index in [0.29, 0.717) is 12.5 Å². The predicted octanol–water partition coefficient (Wildman–Crippen LogP) is 3.85. The van der Waals surface area contributed by atoms with Gasteiger partial charge in [0.2, 0.25) is 0 Å². The van der Waals surface area contributed by atoms with Crippen LogP contribution >= 0.6 is 0 Å². The lowest BCUT2D eigenvalue weighted by molar-refractivity contribution is -0.149. The van der Waals surface area contributed by atoms with Crippen molar-refractivity contribution in [1.29, 1.82) is 0 Å². The van der Waals surface area contributed by atoms with Crippen molar-refractivity contribution in [3.8, 4) is 0 Å². The van der Waals surface area contributed by atoms with Crippen LogP contribution in [0, 0.1) is 5.92 Å². The Morgan fingerprint density at radius 1 is 1.00 bits per heavy atom. The number of esters is 1. The SMILES string of the molecule is CCOC(=O)C1CC2c3ccccc3C1c1ccccc12. The second-order valence-electron chi connectivity index (χ2n) is 5.88. The Bertz CT molecular complexity index is 657. The molecular formula is C19H18O2. The van der Waals surface area contributed by atoms with Gasteiger partial charge in [0.1, 0.15) is 0 Å².